The second kappa shape index (κ2) is 8.44. The van der Waals surface area contributed by atoms with Crippen molar-refractivity contribution in [2.75, 3.05) is 25.0 Å². The van der Waals surface area contributed by atoms with E-state index in [1.54, 1.807) is 28.9 Å². The summed E-state index contributed by atoms with van der Waals surface area (Å²) in [4.78, 5) is 27.4. The van der Waals surface area contributed by atoms with E-state index in [1.807, 2.05) is 24.9 Å². The van der Waals surface area contributed by atoms with Gasteiger partial charge in [-0.1, -0.05) is 36.9 Å². The van der Waals surface area contributed by atoms with Gasteiger partial charge in [0.1, 0.15) is 10.8 Å². The number of thiazole rings is 1. The normalized spacial score (nSPS) is 11.6. The number of anilines is 1. The van der Waals surface area contributed by atoms with Gasteiger partial charge in [0.05, 0.1) is 27.9 Å². The molecule has 0 aliphatic rings. The minimum absolute atomic E-state index is 0.124. The maximum Gasteiger partial charge on any atom is 0.240 e. The lowest BCUT2D eigenvalue weighted by atomic mass is 10.3. The second-order valence-electron chi connectivity index (χ2n) is 6.27. The van der Waals surface area contributed by atoms with E-state index >= 15 is 0 Å². The SMILES string of the molecule is CCN(CC)CC(=O)Nc1nc2cc(F)c(Sc3cnc4ncccn34)cc2s1. The van der Waals surface area contributed by atoms with Crippen molar-refractivity contribution in [3.63, 3.8) is 0 Å². The molecule has 10 heteroatoms. The highest BCUT2D eigenvalue weighted by molar-refractivity contribution is 7.99. The highest BCUT2D eigenvalue weighted by Gasteiger charge is 2.15. The molecule has 0 fully saturated rings. The van der Waals surface area contributed by atoms with Crippen LogP contribution >= 0.6 is 23.1 Å². The van der Waals surface area contributed by atoms with Gasteiger partial charge < -0.3 is 5.32 Å². The molecule has 4 rings (SSSR count). The first kappa shape index (κ1) is 19.7. The van der Waals surface area contributed by atoms with Crippen molar-refractivity contribution in [1.82, 2.24) is 24.3 Å². The molecule has 4 aromatic rings. The molecular formula is C19H19FN6OS2. The molecule has 0 atom stereocenters. The number of aromatic nitrogens is 4. The van der Waals surface area contributed by atoms with Crippen LogP contribution in [0.3, 0.4) is 0 Å². The van der Waals surface area contributed by atoms with Gasteiger partial charge in [0.15, 0.2) is 5.13 Å². The summed E-state index contributed by atoms with van der Waals surface area (Å²) in [6, 6.07) is 4.95. The third kappa shape index (κ3) is 4.24. The van der Waals surface area contributed by atoms with Crippen LogP contribution in [0.15, 0.2) is 46.7 Å². The quantitative estimate of drug-likeness (QED) is 0.479. The summed E-state index contributed by atoms with van der Waals surface area (Å²) in [6.07, 6.45) is 5.17. The molecule has 3 heterocycles. The molecule has 1 amide bonds. The van der Waals surface area contributed by atoms with Gasteiger partial charge in [0, 0.05) is 18.5 Å². The van der Waals surface area contributed by atoms with Crippen LogP contribution in [0, 0.1) is 5.82 Å². The molecule has 0 saturated heterocycles. The molecule has 3 aromatic heterocycles. The van der Waals surface area contributed by atoms with Crippen molar-refractivity contribution < 1.29 is 9.18 Å². The van der Waals surface area contributed by atoms with Gasteiger partial charge in [0.25, 0.3) is 0 Å². The molecule has 0 radical (unpaired) electrons. The number of nitrogens with one attached hydrogen (secondary N) is 1. The fraction of sp³-hybridized carbons (Fsp3) is 0.263. The zero-order valence-corrected chi connectivity index (χ0v) is 17.6. The highest BCUT2D eigenvalue weighted by atomic mass is 32.2. The minimum Gasteiger partial charge on any atom is -0.301 e. The molecule has 1 aromatic carbocycles. The number of imidazole rings is 1. The van der Waals surface area contributed by atoms with Crippen molar-refractivity contribution in [2.45, 2.75) is 23.8 Å². The average Bonchev–Trinajstić information content (AvgIpc) is 3.29. The largest absolute Gasteiger partial charge is 0.301 e. The van der Waals surface area contributed by atoms with Crippen molar-refractivity contribution in [1.29, 1.82) is 0 Å². The summed E-state index contributed by atoms with van der Waals surface area (Å²) >= 11 is 2.60. The van der Waals surface area contributed by atoms with E-state index in [0.29, 0.717) is 27.9 Å². The number of halogens is 1. The van der Waals surface area contributed by atoms with Crippen molar-refractivity contribution >= 4 is 50.1 Å². The number of carbonyl (C=O) groups is 1. The van der Waals surface area contributed by atoms with Crippen molar-refractivity contribution in [3.05, 3.63) is 42.6 Å². The first-order chi connectivity index (χ1) is 14.1. The molecule has 0 aliphatic heterocycles. The summed E-state index contributed by atoms with van der Waals surface area (Å²) in [5, 5.41) is 4.05. The lowest BCUT2D eigenvalue weighted by molar-refractivity contribution is -0.117. The molecule has 0 bridgehead atoms. The number of nitrogens with zero attached hydrogens (tertiary/aromatic N) is 5. The number of hydrogen-bond acceptors (Lipinski definition) is 7. The molecule has 1 N–H and O–H groups in total. The number of hydrogen-bond donors (Lipinski definition) is 1. The van der Waals surface area contributed by atoms with Gasteiger partial charge in [-0.3, -0.25) is 14.1 Å². The van der Waals surface area contributed by atoms with E-state index in [2.05, 4.69) is 20.3 Å². The molecule has 0 spiro atoms. The Labute approximate surface area is 175 Å². The minimum atomic E-state index is -0.368. The predicted octanol–water partition coefficient (Wildman–Crippen LogP) is 3.91. The zero-order chi connectivity index (χ0) is 20.4. The Morgan fingerprint density at radius 1 is 1.31 bits per heavy atom. The Kier molecular flexibility index (Phi) is 5.74. The highest BCUT2D eigenvalue weighted by Crippen LogP contribution is 2.35. The van der Waals surface area contributed by atoms with Crippen molar-refractivity contribution in [2.24, 2.45) is 0 Å². The van der Waals surface area contributed by atoms with Crippen LogP contribution in [0.5, 0.6) is 0 Å². The van der Waals surface area contributed by atoms with Crippen LogP contribution in [0.2, 0.25) is 0 Å². The van der Waals surface area contributed by atoms with Crippen LogP contribution in [-0.4, -0.2) is 49.8 Å². The van der Waals surface area contributed by atoms with Gasteiger partial charge in [0.2, 0.25) is 11.7 Å². The number of benzene rings is 1. The van der Waals surface area contributed by atoms with Crippen LogP contribution in [0.4, 0.5) is 9.52 Å². The molecule has 0 unspecified atom stereocenters. The van der Waals surface area contributed by atoms with Crippen molar-refractivity contribution in [3.8, 4) is 0 Å². The summed E-state index contributed by atoms with van der Waals surface area (Å²) in [5.74, 6) is 0.0705. The van der Waals surface area contributed by atoms with E-state index in [4.69, 9.17) is 0 Å². The van der Waals surface area contributed by atoms with E-state index < -0.39 is 0 Å². The Hall–Kier alpha value is -2.56. The van der Waals surface area contributed by atoms with E-state index in [-0.39, 0.29) is 11.7 Å². The standard InChI is InChI=1S/C19H19FN6OS2/c1-3-25(4-2)11-16(27)24-19-23-13-8-12(20)14(9-15(13)29-19)28-17-10-22-18-21-6-5-7-26(17)18/h5-10H,3-4,11H2,1-2H3,(H,23,24,27). The number of rotatable bonds is 7. The summed E-state index contributed by atoms with van der Waals surface area (Å²) in [7, 11) is 0. The van der Waals surface area contributed by atoms with Gasteiger partial charge in [-0.2, -0.15) is 0 Å². The fourth-order valence-electron chi connectivity index (χ4n) is 2.86. The fourth-order valence-corrected chi connectivity index (χ4v) is 4.75. The summed E-state index contributed by atoms with van der Waals surface area (Å²) in [5.41, 5.74) is 0.523. The number of carbonyl (C=O) groups excluding carboxylic acids is 1. The molecular weight excluding hydrogens is 411 g/mol. The predicted molar refractivity (Wildman–Crippen MR) is 113 cm³/mol. The van der Waals surface area contributed by atoms with Crippen LogP contribution in [0.1, 0.15) is 13.8 Å². The Morgan fingerprint density at radius 2 is 2.14 bits per heavy atom. The Balaban J connectivity index is 1.56. The average molecular weight is 431 g/mol. The molecule has 0 aliphatic carbocycles. The lowest BCUT2D eigenvalue weighted by Gasteiger charge is -2.16. The molecule has 7 nitrogen and oxygen atoms in total. The van der Waals surface area contributed by atoms with E-state index in [1.165, 1.54) is 29.2 Å². The van der Waals surface area contributed by atoms with Crippen LogP contribution in [-0.2, 0) is 4.79 Å². The number of amides is 1. The number of likely N-dealkylation sites (N-methyl/N-ethyl adjacent to an activating group) is 1. The topological polar surface area (TPSA) is 75.4 Å². The lowest BCUT2D eigenvalue weighted by Crippen LogP contribution is -2.32. The first-order valence-electron chi connectivity index (χ1n) is 9.15. The Morgan fingerprint density at radius 3 is 2.93 bits per heavy atom. The molecule has 29 heavy (non-hydrogen) atoms. The zero-order valence-electron chi connectivity index (χ0n) is 15.9. The summed E-state index contributed by atoms with van der Waals surface area (Å²) < 4.78 is 17.3. The first-order valence-corrected chi connectivity index (χ1v) is 10.8. The van der Waals surface area contributed by atoms with Gasteiger partial charge in [-0.25, -0.2) is 19.3 Å². The van der Waals surface area contributed by atoms with Crippen LogP contribution in [0.25, 0.3) is 16.0 Å². The van der Waals surface area contributed by atoms with E-state index in [9.17, 15) is 9.18 Å². The molecule has 0 saturated carbocycles. The molecule has 150 valence electrons. The smallest absolute Gasteiger partial charge is 0.240 e. The third-order valence-corrected chi connectivity index (χ3v) is 6.40. The van der Waals surface area contributed by atoms with Gasteiger partial charge >= 0.3 is 0 Å². The maximum absolute atomic E-state index is 14.7. The van der Waals surface area contributed by atoms with Gasteiger partial charge in [-0.05, 0) is 25.2 Å². The van der Waals surface area contributed by atoms with Crippen LogP contribution < -0.4 is 5.32 Å². The maximum atomic E-state index is 14.7. The number of fused-ring (bicyclic) bond motifs is 2. The second-order valence-corrected chi connectivity index (χ2v) is 8.36. The third-order valence-electron chi connectivity index (χ3n) is 4.42. The van der Waals surface area contributed by atoms with E-state index in [0.717, 1.165) is 22.8 Å². The Bertz CT molecular complexity index is 1170. The summed E-state index contributed by atoms with van der Waals surface area (Å²) in [6.45, 7) is 5.93. The van der Waals surface area contributed by atoms with Gasteiger partial charge in [-0.15, -0.1) is 0 Å². The monoisotopic (exact) mass is 430 g/mol.